The molecule has 0 amide bonds. The van der Waals surface area contributed by atoms with E-state index in [0.29, 0.717) is 29.3 Å². The van der Waals surface area contributed by atoms with Crippen LogP contribution in [0.15, 0.2) is 36.5 Å². The number of anilines is 1. The van der Waals surface area contributed by atoms with Crippen molar-refractivity contribution in [2.45, 2.75) is 31.4 Å². The standard InChI is InChI=1S/C20H18F4N6/c21-15-5-6-29(11-16(15)26)19-28-17-7-13(20(22,23)24)2-4-18(17)30(19)10-14-3-1-12(8-25)9-27-14/h1-4,7,9,15-16H,5-6,10-11,26H2/t15-,16+/m0/s1. The molecule has 156 valence electrons. The Labute approximate surface area is 169 Å². The molecule has 1 saturated heterocycles. The molecule has 30 heavy (non-hydrogen) atoms. The Kier molecular flexibility index (Phi) is 5.07. The molecule has 2 atom stereocenters. The monoisotopic (exact) mass is 418 g/mol. The van der Waals surface area contributed by atoms with Gasteiger partial charge in [-0.15, -0.1) is 0 Å². The number of halogens is 4. The summed E-state index contributed by atoms with van der Waals surface area (Å²) in [5.41, 5.74) is 6.78. The second-order valence-corrected chi connectivity index (χ2v) is 7.26. The number of hydrogen-bond acceptors (Lipinski definition) is 5. The molecule has 0 unspecified atom stereocenters. The van der Waals surface area contributed by atoms with Gasteiger partial charge in [0.15, 0.2) is 0 Å². The summed E-state index contributed by atoms with van der Waals surface area (Å²) in [6.07, 6.45) is -3.97. The predicted octanol–water partition coefficient (Wildman–Crippen LogP) is 3.25. The molecule has 6 nitrogen and oxygen atoms in total. The van der Waals surface area contributed by atoms with E-state index in [9.17, 15) is 17.6 Å². The highest BCUT2D eigenvalue weighted by atomic mass is 19.4. The molecule has 0 radical (unpaired) electrons. The largest absolute Gasteiger partial charge is 0.416 e. The second kappa shape index (κ2) is 7.57. The molecule has 2 aromatic heterocycles. The van der Waals surface area contributed by atoms with Gasteiger partial charge in [-0.25, -0.2) is 9.37 Å². The average molecular weight is 418 g/mol. The van der Waals surface area contributed by atoms with Crippen molar-refractivity contribution < 1.29 is 17.6 Å². The molecule has 3 heterocycles. The van der Waals surface area contributed by atoms with Crippen molar-refractivity contribution in [3.05, 3.63) is 53.3 Å². The summed E-state index contributed by atoms with van der Waals surface area (Å²) in [4.78, 5) is 10.5. The molecule has 0 saturated carbocycles. The summed E-state index contributed by atoms with van der Waals surface area (Å²) in [5, 5.41) is 8.93. The van der Waals surface area contributed by atoms with E-state index in [4.69, 9.17) is 11.0 Å². The fourth-order valence-electron chi connectivity index (χ4n) is 3.57. The van der Waals surface area contributed by atoms with Crippen molar-refractivity contribution >= 4 is 17.0 Å². The van der Waals surface area contributed by atoms with Gasteiger partial charge in [0.1, 0.15) is 12.2 Å². The molecule has 0 spiro atoms. The van der Waals surface area contributed by atoms with Crippen LogP contribution in [0.4, 0.5) is 23.5 Å². The first-order valence-corrected chi connectivity index (χ1v) is 9.33. The van der Waals surface area contributed by atoms with E-state index < -0.39 is 24.0 Å². The van der Waals surface area contributed by atoms with Crippen LogP contribution in [0.3, 0.4) is 0 Å². The number of nitrogens with zero attached hydrogens (tertiary/aromatic N) is 5. The summed E-state index contributed by atoms with van der Waals surface area (Å²) in [6.45, 7) is 0.788. The Balaban J connectivity index is 1.79. The lowest BCUT2D eigenvalue weighted by atomic mass is 10.1. The number of rotatable bonds is 3. The Hall–Kier alpha value is -3.19. The Bertz CT molecular complexity index is 1100. The molecule has 0 aliphatic carbocycles. The van der Waals surface area contributed by atoms with Crippen LogP contribution in [-0.2, 0) is 12.7 Å². The zero-order valence-electron chi connectivity index (χ0n) is 15.8. The normalized spacial score (nSPS) is 19.8. The molecule has 10 heteroatoms. The van der Waals surface area contributed by atoms with Crippen LogP contribution in [-0.4, -0.2) is 39.8 Å². The Morgan fingerprint density at radius 2 is 2.03 bits per heavy atom. The van der Waals surface area contributed by atoms with Crippen LogP contribution < -0.4 is 10.6 Å². The number of imidazole rings is 1. The molecular formula is C20H18F4N6. The lowest BCUT2D eigenvalue weighted by Gasteiger charge is -2.34. The molecule has 3 aromatic rings. The van der Waals surface area contributed by atoms with Gasteiger partial charge in [0, 0.05) is 19.3 Å². The van der Waals surface area contributed by atoms with Crippen molar-refractivity contribution in [2.24, 2.45) is 5.73 Å². The summed E-state index contributed by atoms with van der Waals surface area (Å²) in [6, 6.07) is 7.97. The number of benzene rings is 1. The van der Waals surface area contributed by atoms with Gasteiger partial charge in [-0.3, -0.25) is 4.98 Å². The predicted molar refractivity (Wildman–Crippen MR) is 102 cm³/mol. The van der Waals surface area contributed by atoms with Crippen LogP contribution in [0, 0.1) is 11.3 Å². The third kappa shape index (κ3) is 3.80. The summed E-state index contributed by atoms with van der Waals surface area (Å²) in [5.74, 6) is 0.415. The smallest absolute Gasteiger partial charge is 0.340 e. The Morgan fingerprint density at radius 3 is 2.67 bits per heavy atom. The highest BCUT2D eigenvalue weighted by Crippen LogP contribution is 2.33. The van der Waals surface area contributed by atoms with Gasteiger partial charge in [0.05, 0.1) is 40.4 Å². The van der Waals surface area contributed by atoms with Crippen molar-refractivity contribution in [3.63, 3.8) is 0 Å². The number of nitrogens with two attached hydrogens (primary N) is 1. The third-order valence-corrected chi connectivity index (χ3v) is 5.18. The van der Waals surface area contributed by atoms with E-state index in [1.165, 1.54) is 12.3 Å². The molecule has 4 rings (SSSR count). The number of hydrogen-bond donors (Lipinski definition) is 1. The first-order chi connectivity index (χ1) is 14.3. The number of fused-ring (bicyclic) bond motifs is 1. The molecule has 1 aliphatic heterocycles. The fourth-order valence-corrected chi connectivity index (χ4v) is 3.57. The molecule has 1 aliphatic rings. The maximum Gasteiger partial charge on any atom is 0.416 e. The Morgan fingerprint density at radius 1 is 1.23 bits per heavy atom. The van der Waals surface area contributed by atoms with E-state index in [-0.39, 0.29) is 25.0 Å². The van der Waals surface area contributed by atoms with Gasteiger partial charge in [-0.05, 0) is 36.8 Å². The van der Waals surface area contributed by atoms with E-state index in [1.807, 2.05) is 6.07 Å². The van der Waals surface area contributed by atoms with Crippen molar-refractivity contribution in [3.8, 4) is 6.07 Å². The fraction of sp³-hybridized carbons (Fsp3) is 0.350. The van der Waals surface area contributed by atoms with Crippen LogP contribution in [0.1, 0.15) is 23.2 Å². The number of alkyl halides is 4. The van der Waals surface area contributed by atoms with E-state index in [2.05, 4.69) is 9.97 Å². The van der Waals surface area contributed by atoms with Crippen molar-refractivity contribution in [2.75, 3.05) is 18.0 Å². The maximum atomic E-state index is 13.8. The summed E-state index contributed by atoms with van der Waals surface area (Å²) >= 11 is 0. The number of nitriles is 1. The first kappa shape index (κ1) is 20.1. The minimum atomic E-state index is -4.48. The summed E-state index contributed by atoms with van der Waals surface area (Å²) < 4.78 is 55.0. The van der Waals surface area contributed by atoms with Gasteiger partial charge in [-0.1, -0.05) is 0 Å². The lowest BCUT2D eigenvalue weighted by Crippen LogP contribution is -2.50. The zero-order chi connectivity index (χ0) is 21.5. The zero-order valence-corrected chi connectivity index (χ0v) is 15.8. The van der Waals surface area contributed by atoms with Gasteiger partial charge >= 0.3 is 6.18 Å². The SMILES string of the molecule is N#Cc1ccc(Cn2c(N3CC[C@H](F)[C@H](N)C3)nc3cc(C(F)(F)F)ccc32)nc1. The second-order valence-electron chi connectivity index (χ2n) is 7.26. The van der Waals surface area contributed by atoms with Crippen LogP contribution in [0.2, 0.25) is 0 Å². The minimum Gasteiger partial charge on any atom is -0.340 e. The van der Waals surface area contributed by atoms with Crippen molar-refractivity contribution in [1.82, 2.24) is 14.5 Å². The number of aromatic nitrogens is 3. The first-order valence-electron chi connectivity index (χ1n) is 9.33. The molecule has 0 bridgehead atoms. The van der Waals surface area contributed by atoms with E-state index >= 15 is 0 Å². The number of pyridine rings is 1. The third-order valence-electron chi connectivity index (χ3n) is 5.18. The molecular weight excluding hydrogens is 400 g/mol. The summed E-state index contributed by atoms with van der Waals surface area (Å²) in [7, 11) is 0. The van der Waals surface area contributed by atoms with Crippen LogP contribution >= 0.6 is 0 Å². The average Bonchev–Trinajstić information content (AvgIpc) is 3.07. The van der Waals surface area contributed by atoms with Gasteiger partial charge < -0.3 is 15.2 Å². The van der Waals surface area contributed by atoms with Crippen LogP contribution in [0.5, 0.6) is 0 Å². The maximum absolute atomic E-state index is 13.8. The molecule has 1 aromatic carbocycles. The quantitative estimate of drug-likeness (QED) is 0.661. The van der Waals surface area contributed by atoms with Crippen LogP contribution in [0.25, 0.3) is 11.0 Å². The van der Waals surface area contributed by atoms with Gasteiger partial charge in [-0.2, -0.15) is 18.4 Å². The van der Waals surface area contributed by atoms with Gasteiger partial charge in [0.2, 0.25) is 5.95 Å². The van der Waals surface area contributed by atoms with Gasteiger partial charge in [0.25, 0.3) is 0 Å². The van der Waals surface area contributed by atoms with E-state index in [0.717, 1.165) is 12.1 Å². The highest BCUT2D eigenvalue weighted by Gasteiger charge is 2.32. The number of piperidine rings is 1. The topological polar surface area (TPSA) is 83.8 Å². The highest BCUT2D eigenvalue weighted by molar-refractivity contribution is 5.80. The lowest BCUT2D eigenvalue weighted by molar-refractivity contribution is -0.137. The molecule has 2 N–H and O–H groups in total. The minimum absolute atomic E-state index is 0.185. The molecule has 1 fully saturated rings. The van der Waals surface area contributed by atoms with E-state index in [1.54, 1.807) is 21.6 Å². The van der Waals surface area contributed by atoms with Crippen molar-refractivity contribution in [1.29, 1.82) is 5.26 Å².